The van der Waals surface area contributed by atoms with Crippen LogP contribution in [-0.2, 0) is 6.54 Å². The Balaban J connectivity index is 1.28. The van der Waals surface area contributed by atoms with Gasteiger partial charge in [-0.2, -0.15) is 0 Å². The average molecular weight is 523 g/mol. The van der Waals surface area contributed by atoms with Gasteiger partial charge in [-0.25, -0.2) is 9.97 Å². The number of methoxy groups -OCH3 is 1. The van der Waals surface area contributed by atoms with Gasteiger partial charge in [-0.3, -0.25) is 14.7 Å². The number of fused-ring (bicyclic) bond motifs is 4. The van der Waals surface area contributed by atoms with E-state index >= 15 is 0 Å². The Kier molecular flexibility index (Phi) is 6.03. The third kappa shape index (κ3) is 4.09. The van der Waals surface area contributed by atoms with Crippen LogP contribution < -0.4 is 4.74 Å². The molecule has 184 valence electrons. The molecule has 4 aromatic heterocycles. The Hall–Kier alpha value is -3.20. The summed E-state index contributed by atoms with van der Waals surface area (Å²) in [4.78, 5) is 31.5. The predicted molar refractivity (Wildman–Crippen MR) is 137 cm³/mol. The van der Waals surface area contributed by atoms with E-state index < -0.39 is 0 Å². The molecule has 0 saturated carbocycles. The van der Waals surface area contributed by atoms with Gasteiger partial charge in [0, 0.05) is 50.2 Å². The first-order chi connectivity index (χ1) is 17.5. The fraction of sp³-hybridized carbons (Fsp3) is 0.308. The summed E-state index contributed by atoms with van der Waals surface area (Å²) in [5.41, 5.74) is 3.82. The van der Waals surface area contributed by atoms with Gasteiger partial charge in [0.05, 0.1) is 28.5 Å². The maximum atomic E-state index is 13.4. The first-order valence-corrected chi connectivity index (χ1v) is 12.6. The molecule has 3 saturated heterocycles. The molecule has 3 fully saturated rings. The van der Waals surface area contributed by atoms with Crippen molar-refractivity contribution in [2.45, 2.75) is 31.5 Å². The van der Waals surface area contributed by atoms with Gasteiger partial charge in [0.15, 0.2) is 5.69 Å². The number of hydrogen-bond donors (Lipinski definition) is 0. The molecular formula is C26H24Cl2N6O2. The number of piperazine rings is 1. The number of nitrogens with zero attached hydrogens (tertiary/aromatic N) is 6. The number of hydrogen-bond acceptors (Lipinski definition) is 6. The number of pyridine rings is 3. The molecule has 0 spiro atoms. The molecule has 2 bridgehead atoms. The normalized spacial score (nSPS) is 19.7. The fourth-order valence-corrected chi connectivity index (χ4v) is 5.59. The molecule has 3 aliphatic heterocycles. The van der Waals surface area contributed by atoms with E-state index in [-0.39, 0.29) is 23.7 Å². The number of rotatable bonds is 5. The van der Waals surface area contributed by atoms with Gasteiger partial charge in [-0.05, 0) is 43.2 Å². The summed E-state index contributed by atoms with van der Waals surface area (Å²) in [5, 5.41) is 0.928. The van der Waals surface area contributed by atoms with Gasteiger partial charge in [-0.15, -0.1) is 0 Å². The minimum Gasteiger partial charge on any atom is -0.481 e. The highest BCUT2D eigenvalue weighted by atomic mass is 35.5. The van der Waals surface area contributed by atoms with Gasteiger partial charge in [0.2, 0.25) is 5.88 Å². The quantitative estimate of drug-likeness (QED) is 0.381. The molecular weight excluding hydrogens is 499 g/mol. The van der Waals surface area contributed by atoms with Crippen molar-refractivity contribution >= 4 is 34.8 Å². The lowest BCUT2D eigenvalue weighted by Gasteiger charge is -2.51. The van der Waals surface area contributed by atoms with Gasteiger partial charge in [0.25, 0.3) is 5.91 Å². The van der Waals surface area contributed by atoms with Crippen LogP contribution >= 0.6 is 23.2 Å². The van der Waals surface area contributed by atoms with Crippen LogP contribution in [0, 0.1) is 0 Å². The molecule has 10 heteroatoms. The molecule has 0 radical (unpaired) electrons. The van der Waals surface area contributed by atoms with Crippen molar-refractivity contribution in [3.05, 3.63) is 76.3 Å². The van der Waals surface area contributed by atoms with Gasteiger partial charge in [0.1, 0.15) is 11.3 Å². The number of imidazole rings is 1. The first-order valence-electron chi connectivity index (χ1n) is 11.9. The van der Waals surface area contributed by atoms with E-state index in [0.717, 1.165) is 42.1 Å². The van der Waals surface area contributed by atoms with Gasteiger partial charge in [-0.1, -0.05) is 29.3 Å². The van der Waals surface area contributed by atoms with E-state index in [1.807, 2.05) is 41.4 Å². The zero-order chi connectivity index (χ0) is 24.8. The van der Waals surface area contributed by atoms with Crippen LogP contribution in [0.2, 0.25) is 10.0 Å². The fourth-order valence-electron chi connectivity index (χ4n) is 5.29. The summed E-state index contributed by atoms with van der Waals surface area (Å²) >= 11 is 12.4. The smallest absolute Gasteiger partial charge is 0.274 e. The van der Waals surface area contributed by atoms with Crippen LogP contribution in [0.1, 0.15) is 29.0 Å². The minimum absolute atomic E-state index is 0.0860. The summed E-state index contributed by atoms with van der Waals surface area (Å²) in [6.45, 7) is 2.10. The van der Waals surface area contributed by atoms with E-state index in [9.17, 15) is 4.79 Å². The molecule has 8 nitrogen and oxygen atoms in total. The zero-order valence-corrected chi connectivity index (χ0v) is 21.2. The molecule has 2 unspecified atom stereocenters. The van der Waals surface area contributed by atoms with Crippen molar-refractivity contribution in [3.8, 4) is 17.3 Å². The number of halogens is 2. The predicted octanol–water partition coefficient (Wildman–Crippen LogP) is 4.60. The summed E-state index contributed by atoms with van der Waals surface area (Å²) in [7, 11) is 1.53. The Bertz CT molecular complexity index is 1440. The van der Waals surface area contributed by atoms with Crippen molar-refractivity contribution in [1.29, 1.82) is 0 Å². The monoisotopic (exact) mass is 522 g/mol. The number of ether oxygens (including phenoxy) is 1. The standard InChI is InChI=1S/C26H24Cl2N6O2/c1-36-23-10-8-19(28)24(31-23)26(35)34-14-17-6-7-18(34)13-32(17)15-21-25(20-9-5-16(27)12-29-20)30-22-4-2-3-11-33(21)22/h2-5,8-12,17-18H,6-7,13-15H2,1H3. The Morgan fingerprint density at radius 1 is 1.06 bits per heavy atom. The lowest BCUT2D eigenvalue weighted by Crippen LogP contribution is -2.63. The van der Waals surface area contributed by atoms with Crippen molar-refractivity contribution in [2.24, 2.45) is 0 Å². The Labute approximate surface area is 218 Å². The van der Waals surface area contributed by atoms with Gasteiger partial charge < -0.3 is 14.0 Å². The third-order valence-corrected chi connectivity index (χ3v) is 7.62. The molecule has 4 aromatic rings. The highest BCUT2D eigenvalue weighted by Crippen LogP contribution is 2.34. The van der Waals surface area contributed by atoms with E-state index in [4.69, 9.17) is 32.9 Å². The summed E-state index contributed by atoms with van der Waals surface area (Å²) in [5.74, 6) is 0.233. The van der Waals surface area contributed by atoms with Crippen LogP contribution in [0.5, 0.6) is 5.88 Å². The summed E-state index contributed by atoms with van der Waals surface area (Å²) in [6, 6.07) is 13.4. The number of piperidine rings is 2. The summed E-state index contributed by atoms with van der Waals surface area (Å²) < 4.78 is 7.33. The molecule has 2 atom stereocenters. The van der Waals surface area contributed by atoms with Crippen LogP contribution in [0.4, 0.5) is 0 Å². The first kappa shape index (κ1) is 23.2. The number of carbonyl (C=O) groups excluding carboxylic acids is 1. The number of amides is 1. The second-order valence-electron chi connectivity index (χ2n) is 9.15. The Morgan fingerprint density at radius 3 is 2.67 bits per heavy atom. The van der Waals surface area contributed by atoms with Crippen LogP contribution in [0.25, 0.3) is 17.0 Å². The minimum atomic E-state index is -0.144. The van der Waals surface area contributed by atoms with E-state index in [1.165, 1.54) is 7.11 Å². The Morgan fingerprint density at radius 2 is 1.92 bits per heavy atom. The molecule has 1 amide bonds. The SMILES string of the molecule is COc1ccc(Cl)c(C(=O)N2CC3CCC2CN3Cc2c(-c3ccc(Cl)cn3)nc3ccccn23)n1. The molecule has 36 heavy (non-hydrogen) atoms. The topological polar surface area (TPSA) is 75.9 Å². The van der Waals surface area contributed by atoms with Crippen LogP contribution in [0.3, 0.4) is 0 Å². The molecule has 7 rings (SSSR count). The zero-order valence-electron chi connectivity index (χ0n) is 19.6. The highest BCUT2D eigenvalue weighted by molar-refractivity contribution is 6.33. The summed E-state index contributed by atoms with van der Waals surface area (Å²) in [6.07, 6.45) is 5.66. The van der Waals surface area contributed by atoms with E-state index in [1.54, 1.807) is 18.3 Å². The third-order valence-electron chi connectivity index (χ3n) is 7.09. The van der Waals surface area contributed by atoms with Gasteiger partial charge >= 0.3 is 0 Å². The molecule has 0 aliphatic carbocycles. The van der Waals surface area contributed by atoms with Crippen LogP contribution in [0.15, 0.2) is 54.9 Å². The van der Waals surface area contributed by atoms with Crippen LogP contribution in [-0.4, -0.2) is 67.3 Å². The highest BCUT2D eigenvalue weighted by Gasteiger charge is 2.42. The van der Waals surface area contributed by atoms with Crippen molar-refractivity contribution in [2.75, 3.05) is 20.2 Å². The maximum Gasteiger partial charge on any atom is 0.274 e. The lowest BCUT2D eigenvalue weighted by molar-refractivity contribution is -0.0162. The molecule has 3 aliphatic rings. The lowest BCUT2D eigenvalue weighted by atomic mass is 9.90. The second-order valence-corrected chi connectivity index (χ2v) is 10.00. The van der Waals surface area contributed by atoms with E-state index in [2.05, 4.69) is 19.3 Å². The van der Waals surface area contributed by atoms with Crippen molar-refractivity contribution in [1.82, 2.24) is 29.2 Å². The molecule has 0 aromatic carbocycles. The number of aromatic nitrogens is 4. The van der Waals surface area contributed by atoms with Crippen molar-refractivity contribution < 1.29 is 9.53 Å². The molecule has 0 N–H and O–H groups in total. The number of carbonyl (C=O) groups is 1. The largest absolute Gasteiger partial charge is 0.481 e. The van der Waals surface area contributed by atoms with Crippen molar-refractivity contribution in [3.63, 3.8) is 0 Å². The second kappa shape index (κ2) is 9.35. The average Bonchev–Trinajstić information content (AvgIpc) is 3.27. The van der Waals surface area contributed by atoms with E-state index in [0.29, 0.717) is 29.0 Å². The molecule has 7 heterocycles. The maximum absolute atomic E-state index is 13.4.